The van der Waals surface area contributed by atoms with Gasteiger partial charge in [-0.05, 0) is 37.0 Å². The summed E-state index contributed by atoms with van der Waals surface area (Å²) in [5.41, 5.74) is 3.50. The van der Waals surface area contributed by atoms with Crippen LogP contribution in [0.1, 0.15) is 35.7 Å². The monoisotopic (exact) mass is 323 g/mol. The van der Waals surface area contributed by atoms with E-state index >= 15 is 0 Å². The van der Waals surface area contributed by atoms with Gasteiger partial charge in [0.05, 0.1) is 6.10 Å². The molecule has 0 bridgehead atoms. The van der Waals surface area contributed by atoms with Crippen LogP contribution in [0.2, 0.25) is 0 Å². The fourth-order valence-electron chi connectivity index (χ4n) is 2.95. The number of anilines is 1. The fraction of sp³-hybridized carbons (Fsp3) is 0.533. The van der Waals surface area contributed by atoms with E-state index in [2.05, 4.69) is 40.3 Å². The van der Waals surface area contributed by atoms with Crippen molar-refractivity contribution in [1.29, 1.82) is 0 Å². The van der Waals surface area contributed by atoms with Crippen LogP contribution in [0.15, 0.2) is 18.2 Å². The van der Waals surface area contributed by atoms with Crippen molar-refractivity contribution < 1.29 is 9.53 Å². The molecule has 0 saturated carbocycles. The highest BCUT2D eigenvalue weighted by Crippen LogP contribution is 2.40. The van der Waals surface area contributed by atoms with Gasteiger partial charge < -0.3 is 10.1 Å². The number of carbonyl (C=O) groups excluding carboxylic acids is 1. The summed E-state index contributed by atoms with van der Waals surface area (Å²) in [4.78, 5) is 11.7. The van der Waals surface area contributed by atoms with Crippen molar-refractivity contribution in [2.75, 3.05) is 11.9 Å². The van der Waals surface area contributed by atoms with Gasteiger partial charge in [0.15, 0.2) is 0 Å². The van der Waals surface area contributed by atoms with Gasteiger partial charge in [0, 0.05) is 29.5 Å². The van der Waals surface area contributed by atoms with E-state index in [1.165, 1.54) is 11.1 Å². The molecule has 0 spiro atoms. The Morgan fingerprint density at radius 1 is 1.42 bits per heavy atom. The lowest BCUT2D eigenvalue weighted by molar-refractivity contribution is -0.116. The molecule has 3 rings (SSSR count). The van der Waals surface area contributed by atoms with Crippen molar-refractivity contribution >= 4 is 27.5 Å². The van der Waals surface area contributed by atoms with Crippen LogP contribution < -0.4 is 5.32 Å². The number of aryl methyl sites for hydroxylation is 1. The Bertz CT molecular complexity index is 503. The minimum absolute atomic E-state index is 0.119. The number of rotatable bonds is 2. The number of amides is 1. The molecule has 19 heavy (non-hydrogen) atoms. The SMILES string of the molecule is CC1OCCC1C(Br)c1ccc2c(c1)CCC(=O)N2. The third-order valence-electron chi connectivity index (χ3n) is 4.15. The lowest BCUT2D eigenvalue weighted by atomic mass is 9.91. The maximum Gasteiger partial charge on any atom is 0.224 e. The quantitative estimate of drug-likeness (QED) is 0.847. The zero-order chi connectivity index (χ0) is 13.4. The summed E-state index contributed by atoms with van der Waals surface area (Å²) in [6.45, 7) is 3.00. The first-order chi connectivity index (χ1) is 9.15. The number of nitrogens with one attached hydrogen (secondary N) is 1. The normalized spacial score (nSPS) is 27.8. The van der Waals surface area contributed by atoms with Gasteiger partial charge in [0.25, 0.3) is 0 Å². The lowest BCUT2D eigenvalue weighted by Gasteiger charge is -2.23. The standard InChI is InChI=1S/C15H18BrNO2/c1-9-12(6-7-19-9)15(16)11-2-4-13-10(8-11)3-5-14(18)17-13/h2,4,8-9,12,15H,3,5-7H2,1H3,(H,17,18). The molecule has 1 fully saturated rings. The molecule has 3 atom stereocenters. The average Bonchev–Trinajstić information content (AvgIpc) is 2.83. The molecule has 1 aromatic carbocycles. The zero-order valence-electron chi connectivity index (χ0n) is 11.0. The third-order valence-corrected chi connectivity index (χ3v) is 5.36. The van der Waals surface area contributed by atoms with Crippen LogP contribution in [-0.2, 0) is 16.0 Å². The Balaban J connectivity index is 1.83. The lowest BCUT2D eigenvalue weighted by Crippen LogP contribution is -2.20. The van der Waals surface area contributed by atoms with E-state index in [1.54, 1.807) is 0 Å². The van der Waals surface area contributed by atoms with E-state index in [1.807, 2.05) is 6.07 Å². The van der Waals surface area contributed by atoms with E-state index in [4.69, 9.17) is 4.74 Å². The summed E-state index contributed by atoms with van der Waals surface area (Å²) >= 11 is 3.83. The number of fused-ring (bicyclic) bond motifs is 1. The average molecular weight is 324 g/mol. The van der Waals surface area contributed by atoms with Gasteiger partial charge in [0.1, 0.15) is 0 Å². The Morgan fingerprint density at radius 3 is 3.00 bits per heavy atom. The predicted octanol–water partition coefficient (Wildman–Crippen LogP) is 3.43. The number of ether oxygens (including phenoxy) is 1. The molecule has 1 aromatic rings. The van der Waals surface area contributed by atoms with E-state index in [0.717, 1.165) is 25.1 Å². The van der Waals surface area contributed by atoms with Crippen LogP contribution in [0.5, 0.6) is 0 Å². The first kappa shape index (κ1) is 13.1. The molecule has 0 aliphatic carbocycles. The molecule has 1 N–H and O–H groups in total. The summed E-state index contributed by atoms with van der Waals surface area (Å²) in [5.74, 6) is 0.643. The van der Waals surface area contributed by atoms with Crippen molar-refractivity contribution in [3.05, 3.63) is 29.3 Å². The van der Waals surface area contributed by atoms with Crippen LogP contribution in [-0.4, -0.2) is 18.6 Å². The topological polar surface area (TPSA) is 38.3 Å². The second-order valence-electron chi connectivity index (χ2n) is 5.39. The predicted molar refractivity (Wildman–Crippen MR) is 78.6 cm³/mol. The zero-order valence-corrected chi connectivity index (χ0v) is 12.6. The van der Waals surface area contributed by atoms with Crippen LogP contribution in [0.25, 0.3) is 0 Å². The van der Waals surface area contributed by atoms with Crippen molar-refractivity contribution in [3.63, 3.8) is 0 Å². The van der Waals surface area contributed by atoms with Crippen molar-refractivity contribution in [2.24, 2.45) is 5.92 Å². The number of hydrogen-bond acceptors (Lipinski definition) is 2. The first-order valence-electron chi connectivity index (χ1n) is 6.83. The van der Waals surface area contributed by atoms with Gasteiger partial charge >= 0.3 is 0 Å². The largest absolute Gasteiger partial charge is 0.378 e. The Morgan fingerprint density at radius 2 is 2.26 bits per heavy atom. The van der Waals surface area contributed by atoms with Crippen LogP contribution in [0.4, 0.5) is 5.69 Å². The van der Waals surface area contributed by atoms with Gasteiger partial charge in [-0.25, -0.2) is 0 Å². The number of benzene rings is 1. The van der Waals surface area contributed by atoms with E-state index in [-0.39, 0.29) is 5.91 Å². The molecule has 0 aromatic heterocycles. The molecule has 3 unspecified atom stereocenters. The first-order valence-corrected chi connectivity index (χ1v) is 7.75. The molecule has 2 aliphatic rings. The highest BCUT2D eigenvalue weighted by Gasteiger charge is 2.31. The molecular weight excluding hydrogens is 306 g/mol. The summed E-state index contributed by atoms with van der Waals surface area (Å²) in [6, 6.07) is 6.35. The Labute approximate surface area is 121 Å². The highest BCUT2D eigenvalue weighted by molar-refractivity contribution is 9.09. The van der Waals surface area contributed by atoms with Gasteiger partial charge in [-0.3, -0.25) is 4.79 Å². The number of alkyl halides is 1. The van der Waals surface area contributed by atoms with Gasteiger partial charge in [-0.2, -0.15) is 0 Å². The van der Waals surface area contributed by atoms with Gasteiger partial charge in [-0.15, -0.1) is 0 Å². The number of carbonyl (C=O) groups is 1. The molecule has 3 nitrogen and oxygen atoms in total. The smallest absolute Gasteiger partial charge is 0.224 e. The summed E-state index contributed by atoms with van der Waals surface area (Å²) in [6.07, 6.45) is 2.84. The Kier molecular flexibility index (Phi) is 3.63. The van der Waals surface area contributed by atoms with Crippen LogP contribution in [0.3, 0.4) is 0 Å². The summed E-state index contributed by atoms with van der Waals surface area (Å²) in [5, 5.41) is 2.93. The summed E-state index contributed by atoms with van der Waals surface area (Å²) in [7, 11) is 0. The van der Waals surface area contributed by atoms with Crippen molar-refractivity contribution in [2.45, 2.75) is 37.1 Å². The van der Waals surface area contributed by atoms with E-state index < -0.39 is 0 Å². The Hall–Kier alpha value is -0.870. The maximum absolute atomic E-state index is 11.4. The van der Waals surface area contributed by atoms with E-state index in [0.29, 0.717) is 23.3 Å². The minimum atomic E-state index is 0.119. The highest BCUT2D eigenvalue weighted by atomic mass is 79.9. The van der Waals surface area contributed by atoms with Crippen molar-refractivity contribution in [1.82, 2.24) is 0 Å². The maximum atomic E-state index is 11.4. The molecule has 2 heterocycles. The van der Waals surface area contributed by atoms with Gasteiger partial charge in [-0.1, -0.05) is 28.1 Å². The third kappa shape index (κ3) is 2.56. The van der Waals surface area contributed by atoms with Crippen molar-refractivity contribution in [3.8, 4) is 0 Å². The van der Waals surface area contributed by atoms with Crippen LogP contribution in [0, 0.1) is 5.92 Å². The molecule has 1 amide bonds. The second-order valence-corrected chi connectivity index (χ2v) is 6.38. The molecule has 2 aliphatic heterocycles. The number of halogens is 1. The molecule has 1 saturated heterocycles. The molecule has 4 heteroatoms. The van der Waals surface area contributed by atoms with E-state index in [9.17, 15) is 4.79 Å². The molecular formula is C15H18BrNO2. The number of hydrogen-bond donors (Lipinski definition) is 1. The second kappa shape index (κ2) is 5.25. The van der Waals surface area contributed by atoms with Crippen LogP contribution >= 0.6 is 15.9 Å². The molecule has 102 valence electrons. The fourth-order valence-corrected chi connectivity index (χ4v) is 3.93. The minimum Gasteiger partial charge on any atom is -0.378 e. The summed E-state index contributed by atoms with van der Waals surface area (Å²) < 4.78 is 5.65. The molecule has 0 radical (unpaired) electrons. The van der Waals surface area contributed by atoms with Gasteiger partial charge in [0.2, 0.25) is 5.91 Å².